The number of hydrogen-bond acceptors (Lipinski definition) is 3. The number of benzene rings is 2. The molecule has 4 nitrogen and oxygen atoms in total. The molecule has 0 heterocycles. The van der Waals surface area contributed by atoms with Crippen LogP contribution in [-0.4, -0.2) is 15.5 Å². The predicted octanol–water partition coefficient (Wildman–Crippen LogP) is 2.69. The van der Waals surface area contributed by atoms with Crippen molar-refractivity contribution in [1.82, 2.24) is 4.72 Å². The molecule has 1 atom stereocenters. The SMILES string of the molecule is CNS(=O)(=O)c1ccccc1NC1CCc2ccccc21. The zero-order chi connectivity index (χ0) is 14.9. The van der Waals surface area contributed by atoms with Crippen LogP contribution in [0.4, 0.5) is 5.69 Å². The summed E-state index contributed by atoms with van der Waals surface area (Å²) in [6, 6.07) is 15.5. The van der Waals surface area contributed by atoms with Crippen molar-refractivity contribution in [2.75, 3.05) is 12.4 Å². The second-order valence-electron chi connectivity index (χ2n) is 5.14. The summed E-state index contributed by atoms with van der Waals surface area (Å²) in [4.78, 5) is 0.289. The summed E-state index contributed by atoms with van der Waals surface area (Å²) < 4.78 is 26.6. The highest BCUT2D eigenvalue weighted by Gasteiger charge is 2.24. The first-order chi connectivity index (χ1) is 10.1. The van der Waals surface area contributed by atoms with E-state index >= 15 is 0 Å². The molecule has 0 amide bonds. The lowest BCUT2D eigenvalue weighted by Crippen LogP contribution is -2.20. The van der Waals surface area contributed by atoms with Gasteiger partial charge in [-0.3, -0.25) is 0 Å². The van der Waals surface area contributed by atoms with Gasteiger partial charge < -0.3 is 5.32 Å². The third-order valence-corrected chi connectivity index (χ3v) is 5.38. The predicted molar refractivity (Wildman–Crippen MR) is 83.8 cm³/mol. The quantitative estimate of drug-likeness (QED) is 0.913. The molecule has 110 valence electrons. The standard InChI is InChI=1S/C16H18N2O2S/c1-17-21(19,20)16-9-5-4-8-15(16)18-14-11-10-12-6-2-3-7-13(12)14/h2-9,14,17-18H,10-11H2,1H3. The number of hydrogen-bond donors (Lipinski definition) is 2. The Hall–Kier alpha value is -1.85. The molecule has 1 aliphatic carbocycles. The van der Waals surface area contributed by atoms with E-state index in [0.717, 1.165) is 12.8 Å². The molecule has 0 fully saturated rings. The molecular formula is C16H18N2O2S. The molecule has 1 unspecified atom stereocenters. The number of sulfonamides is 1. The molecular weight excluding hydrogens is 284 g/mol. The molecule has 5 heteroatoms. The van der Waals surface area contributed by atoms with Crippen molar-refractivity contribution in [1.29, 1.82) is 0 Å². The molecule has 0 radical (unpaired) electrons. The van der Waals surface area contributed by atoms with Crippen LogP contribution in [-0.2, 0) is 16.4 Å². The molecule has 2 N–H and O–H groups in total. The highest BCUT2D eigenvalue weighted by atomic mass is 32.2. The first-order valence-corrected chi connectivity index (χ1v) is 8.47. The van der Waals surface area contributed by atoms with Gasteiger partial charge in [-0.25, -0.2) is 13.1 Å². The van der Waals surface area contributed by atoms with Gasteiger partial charge in [-0.2, -0.15) is 0 Å². The van der Waals surface area contributed by atoms with Gasteiger partial charge in [0, 0.05) is 0 Å². The number of fused-ring (bicyclic) bond motifs is 1. The fourth-order valence-electron chi connectivity index (χ4n) is 2.82. The normalized spacial score (nSPS) is 17.5. The summed E-state index contributed by atoms with van der Waals surface area (Å²) in [6.07, 6.45) is 2.00. The van der Waals surface area contributed by atoms with Gasteiger partial charge in [0.1, 0.15) is 4.90 Å². The summed E-state index contributed by atoms with van der Waals surface area (Å²) in [5, 5.41) is 3.39. The largest absolute Gasteiger partial charge is 0.377 e. The second kappa shape index (κ2) is 5.50. The van der Waals surface area contributed by atoms with Gasteiger partial charge in [0.2, 0.25) is 10.0 Å². The van der Waals surface area contributed by atoms with Crippen molar-refractivity contribution in [3.63, 3.8) is 0 Å². The van der Waals surface area contributed by atoms with E-state index in [9.17, 15) is 8.42 Å². The number of rotatable bonds is 4. The summed E-state index contributed by atoms with van der Waals surface area (Å²) in [5.41, 5.74) is 3.24. The average molecular weight is 302 g/mol. The van der Waals surface area contributed by atoms with Gasteiger partial charge in [-0.05, 0) is 43.1 Å². The van der Waals surface area contributed by atoms with E-state index in [1.165, 1.54) is 18.2 Å². The lowest BCUT2D eigenvalue weighted by atomic mass is 10.1. The fraction of sp³-hybridized carbons (Fsp3) is 0.250. The van der Waals surface area contributed by atoms with Gasteiger partial charge in [0.15, 0.2) is 0 Å². The third-order valence-electron chi connectivity index (χ3n) is 3.91. The first-order valence-electron chi connectivity index (χ1n) is 6.99. The maximum absolute atomic E-state index is 12.1. The van der Waals surface area contributed by atoms with Crippen LogP contribution in [0.3, 0.4) is 0 Å². The molecule has 0 aliphatic heterocycles. The van der Waals surface area contributed by atoms with Crippen LogP contribution in [0, 0.1) is 0 Å². The Morgan fingerprint density at radius 2 is 1.76 bits per heavy atom. The van der Waals surface area contributed by atoms with Crippen molar-refractivity contribution >= 4 is 15.7 Å². The monoisotopic (exact) mass is 302 g/mol. The van der Waals surface area contributed by atoms with E-state index in [0.29, 0.717) is 5.69 Å². The van der Waals surface area contributed by atoms with Crippen LogP contribution in [0.5, 0.6) is 0 Å². The first kappa shape index (κ1) is 14.1. The maximum Gasteiger partial charge on any atom is 0.242 e. The molecule has 0 aromatic heterocycles. The molecule has 2 aromatic rings. The van der Waals surface area contributed by atoms with Crippen LogP contribution in [0.2, 0.25) is 0 Å². The lowest BCUT2D eigenvalue weighted by Gasteiger charge is -2.18. The van der Waals surface area contributed by atoms with Crippen molar-refractivity contribution in [3.05, 3.63) is 59.7 Å². The van der Waals surface area contributed by atoms with Gasteiger partial charge >= 0.3 is 0 Å². The van der Waals surface area contributed by atoms with Crippen LogP contribution >= 0.6 is 0 Å². The molecule has 0 saturated carbocycles. The second-order valence-corrected chi connectivity index (χ2v) is 6.99. The van der Waals surface area contributed by atoms with Crippen LogP contribution < -0.4 is 10.0 Å². The summed E-state index contributed by atoms with van der Waals surface area (Å²) in [6.45, 7) is 0. The zero-order valence-electron chi connectivity index (χ0n) is 11.8. The Morgan fingerprint density at radius 3 is 2.57 bits per heavy atom. The van der Waals surface area contributed by atoms with Crippen molar-refractivity contribution < 1.29 is 8.42 Å². The summed E-state index contributed by atoms with van der Waals surface area (Å²) in [5.74, 6) is 0. The van der Waals surface area contributed by atoms with Crippen molar-refractivity contribution in [2.45, 2.75) is 23.8 Å². The number of nitrogens with one attached hydrogen (secondary N) is 2. The number of para-hydroxylation sites is 1. The summed E-state index contributed by atoms with van der Waals surface area (Å²) in [7, 11) is -2.03. The van der Waals surface area contributed by atoms with Crippen molar-refractivity contribution in [3.8, 4) is 0 Å². The molecule has 2 aromatic carbocycles. The van der Waals surface area contributed by atoms with E-state index in [-0.39, 0.29) is 10.9 Å². The van der Waals surface area contributed by atoms with E-state index in [2.05, 4.69) is 22.2 Å². The highest BCUT2D eigenvalue weighted by molar-refractivity contribution is 7.89. The molecule has 0 saturated heterocycles. The van der Waals surface area contributed by atoms with Crippen molar-refractivity contribution in [2.24, 2.45) is 0 Å². The highest BCUT2D eigenvalue weighted by Crippen LogP contribution is 2.35. The molecule has 1 aliphatic rings. The Bertz CT molecular complexity index is 756. The lowest BCUT2D eigenvalue weighted by molar-refractivity contribution is 0.588. The topological polar surface area (TPSA) is 58.2 Å². The zero-order valence-corrected chi connectivity index (χ0v) is 12.7. The Morgan fingerprint density at radius 1 is 1.05 bits per heavy atom. The maximum atomic E-state index is 12.1. The minimum absolute atomic E-state index is 0.161. The van der Waals surface area contributed by atoms with E-state index in [1.807, 2.05) is 24.3 Å². The van der Waals surface area contributed by atoms with Gasteiger partial charge in [-0.1, -0.05) is 36.4 Å². The van der Waals surface area contributed by atoms with Gasteiger partial charge in [-0.15, -0.1) is 0 Å². The van der Waals surface area contributed by atoms with Crippen LogP contribution in [0.15, 0.2) is 53.4 Å². The van der Waals surface area contributed by atoms with E-state index in [1.54, 1.807) is 12.1 Å². The molecule has 3 rings (SSSR count). The van der Waals surface area contributed by atoms with E-state index < -0.39 is 10.0 Å². The molecule has 21 heavy (non-hydrogen) atoms. The minimum atomic E-state index is -3.46. The Labute approximate surface area is 125 Å². The number of anilines is 1. The summed E-state index contributed by atoms with van der Waals surface area (Å²) >= 11 is 0. The molecule has 0 bridgehead atoms. The third kappa shape index (κ3) is 2.66. The smallest absolute Gasteiger partial charge is 0.242 e. The van der Waals surface area contributed by atoms with Crippen LogP contribution in [0.25, 0.3) is 0 Å². The van der Waals surface area contributed by atoms with E-state index in [4.69, 9.17) is 0 Å². The minimum Gasteiger partial charge on any atom is -0.377 e. The Kier molecular flexibility index (Phi) is 3.69. The van der Waals surface area contributed by atoms with Gasteiger partial charge in [0.05, 0.1) is 11.7 Å². The number of aryl methyl sites for hydroxylation is 1. The fourth-order valence-corrected chi connectivity index (χ4v) is 3.72. The Balaban J connectivity index is 1.94. The van der Waals surface area contributed by atoms with Gasteiger partial charge in [0.25, 0.3) is 0 Å². The van der Waals surface area contributed by atoms with Crippen LogP contribution in [0.1, 0.15) is 23.6 Å². The molecule has 0 spiro atoms. The average Bonchev–Trinajstić information content (AvgIpc) is 2.91.